The molecule has 6 nitrogen and oxygen atoms in total. The van der Waals surface area contributed by atoms with Crippen LogP contribution in [0.5, 0.6) is 0 Å². The molecule has 0 spiro atoms. The van der Waals surface area contributed by atoms with Crippen LogP contribution in [0.2, 0.25) is 0 Å². The number of rotatable bonds is 3. The Morgan fingerprint density at radius 3 is 2.76 bits per heavy atom. The maximum atomic E-state index is 10.6. The van der Waals surface area contributed by atoms with Crippen LogP contribution in [0.15, 0.2) is 46.9 Å². The molecule has 104 valence electrons. The van der Waals surface area contributed by atoms with Crippen molar-refractivity contribution < 1.29 is 9.34 Å². The molecule has 0 amide bonds. The second kappa shape index (κ2) is 5.09. The minimum absolute atomic E-state index is 0.284. The number of pyridine rings is 1. The van der Waals surface area contributed by atoms with Gasteiger partial charge in [0.05, 0.1) is 11.6 Å². The predicted octanol–water partition coefficient (Wildman–Crippen LogP) is 3.49. The molecule has 0 fully saturated rings. The van der Waals surface area contributed by atoms with Crippen molar-refractivity contribution in [1.29, 1.82) is 0 Å². The summed E-state index contributed by atoms with van der Waals surface area (Å²) in [4.78, 5) is 14.2. The molecule has 0 aliphatic rings. The number of nitrogens with two attached hydrogens (primary N) is 1. The van der Waals surface area contributed by atoms with Crippen LogP contribution in [-0.2, 0) is 0 Å². The van der Waals surface area contributed by atoms with E-state index in [1.807, 2.05) is 24.3 Å². The maximum Gasteiger partial charge on any atom is 0.433 e. The second-order valence-electron chi connectivity index (χ2n) is 4.42. The summed E-state index contributed by atoms with van der Waals surface area (Å²) in [6, 6.07) is 12.2. The van der Waals surface area contributed by atoms with Gasteiger partial charge in [0.2, 0.25) is 0 Å². The van der Waals surface area contributed by atoms with Crippen molar-refractivity contribution in [2.75, 3.05) is 5.73 Å². The first-order valence-electron chi connectivity index (χ1n) is 6.21. The molecule has 2 N–H and O–H groups in total. The topological polar surface area (TPSA) is 95.2 Å². The highest BCUT2D eigenvalue weighted by Gasteiger charge is 2.10. The van der Waals surface area contributed by atoms with Crippen molar-refractivity contribution in [2.45, 2.75) is 0 Å². The normalized spacial score (nSPS) is 11.2. The number of hydrogen-bond acceptors (Lipinski definition) is 5. The molecule has 2 heterocycles. The van der Waals surface area contributed by atoms with Gasteiger partial charge >= 0.3 is 5.88 Å². The number of furan rings is 1. The van der Waals surface area contributed by atoms with Crippen LogP contribution < -0.4 is 5.73 Å². The molecule has 0 unspecified atom stereocenters. The van der Waals surface area contributed by atoms with E-state index in [0.717, 1.165) is 16.5 Å². The van der Waals surface area contributed by atoms with E-state index in [1.54, 1.807) is 24.3 Å². The first-order chi connectivity index (χ1) is 10.1. The second-order valence-corrected chi connectivity index (χ2v) is 4.42. The molecule has 2 aromatic heterocycles. The lowest BCUT2D eigenvalue weighted by Crippen LogP contribution is -1.92. The van der Waals surface area contributed by atoms with Crippen molar-refractivity contribution in [3.63, 3.8) is 0 Å². The van der Waals surface area contributed by atoms with Crippen molar-refractivity contribution in [2.24, 2.45) is 0 Å². The molecule has 0 saturated heterocycles. The number of hydrogen-bond donors (Lipinski definition) is 1. The maximum absolute atomic E-state index is 10.6. The Bertz CT molecular complexity index is 852. The van der Waals surface area contributed by atoms with Gasteiger partial charge in [-0.15, -0.1) is 0 Å². The van der Waals surface area contributed by atoms with Gasteiger partial charge in [0.15, 0.2) is 0 Å². The van der Waals surface area contributed by atoms with E-state index in [2.05, 4.69) is 4.98 Å². The summed E-state index contributed by atoms with van der Waals surface area (Å²) in [5, 5.41) is 11.5. The van der Waals surface area contributed by atoms with Gasteiger partial charge in [0, 0.05) is 5.39 Å². The molecule has 0 saturated carbocycles. The molecular weight excluding hydrogens is 270 g/mol. The fraction of sp³-hybridized carbons (Fsp3) is 0. The van der Waals surface area contributed by atoms with Gasteiger partial charge in [0.1, 0.15) is 16.5 Å². The SMILES string of the molecule is Nc1cc(C=Cc2ccc([N+](=O)[O-])o2)c2ccccc2n1. The Morgan fingerprint density at radius 1 is 1.19 bits per heavy atom. The van der Waals surface area contributed by atoms with Gasteiger partial charge in [0.25, 0.3) is 0 Å². The van der Waals surface area contributed by atoms with Crippen LogP contribution in [0.1, 0.15) is 11.3 Å². The number of nitro groups is 1. The molecule has 21 heavy (non-hydrogen) atoms. The summed E-state index contributed by atoms with van der Waals surface area (Å²) in [6.07, 6.45) is 3.46. The molecule has 0 radical (unpaired) electrons. The molecule has 3 aromatic rings. The smallest absolute Gasteiger partial charge is 0.401 e. The lowest BCUT2D eigenvalue weighted by atomic mass is 10.1. The number of benzene rings is 1. The van der Waals surface area contributed by atoms with Crippen molar-refractivity contribution in [3.8, 4) is 0 Å². The van der Waals surface area contributed by atoms with Gasteiger partial charge in [-0.1, -0.05) is 24.3 Å². The van der Waals surface area contributed by atoms with Gasteiger partial charge in [-0.3, -0.25) is 10.1 Å². The number of anilines is 1. The van der Waals surface area contributed by atoms with E-state index in [9.17, 15) is 10.1 Å². The summed E-state index contributed by atoms with van der Waals surface area (Å²) in [6.45, 7) is 0. The van der Waals surface area contributed by atoms with Crippen molar-refractivity contribution >= 4 is 34.8 Å². The van der Waals surface area contributed by atoms with E-state index in [4.69, 9.17) is 10.2 Å². The number of nitrogens with zero attached hydrogens (tertiary/aromatic N) is 2. The average Bonchev–Trinajstić information content (AvgIpc) is 2.93. The number of aromatic nitrogens is 1. The molecule has 0 aliphatic heterocycles. The number of fused-ring (bicyclic) bond motifs is 1. The van der Waals surface area contributed by atoms with Gasteiger partial charge in [-0.05, 0) is 29.8 Å². The van der Waals surface area contributed by atoms with E-state index >= 15 is 0 Å². The van der Waals surface area contributed by atoms with E-state index in [-0.39, 0.29) is 5.88 Å². The van der Waals surface area contributed by atoms with E-state index < -0.39 is 4.92 Å². The molecule has 0 atom stereocenters. The average molecular weight is 281 g/mol. The van der Waals surface area contributed by atoms with Crippen molar-refractivity contribution in [1.82, 2.24) is 4.98 Å². The quantitative estimate of drug-likeness (QED) is 0.585. The zero-order valence-corrected chi connectivity index (χ0v) is 10.9. The first kappa shape index (κ1) is 12.9. The summed E-state index contributed by atoms with van der Waals surface area (Å²) in [5.74, 6) is 0.536. The largest absolute Gasteiger partial charge is 0.433 e. The minimum Gasteiger partial charge on any atom is -0.401 e. The number of nitrogen functional groups attached to an aromatic ring is 1. The highest BCUT2D eigenvalue weighted by molar-refractivity contribution is 5.91. The third-order valence-corrected chi connectivity index (χ3v) is 2.99. The minimum atomic E-state index is -0.572. The van der Waals surface area contributed by atoms with Crippen LogP contribution in [0.3, 0.4) is 0 Å². The Hall–Kier alpha value is -3.15. The molecule has 0 bridgehead atoms. The summed E-state index contributed by atoms with van der Waals surface area (Å²) < 4.78 is 5.08. The third kappa shape index (κ3) is 2.59. The van der Waals surface area contributed by atoms with Crippen LogP contribution in [-0.4, -0.2) is 9.91 Å². The zero-order valence-electron chi connectivity index (χ0n) is 10.9. The Labute approximate surface area is 119 Å². The Kier molecular flexibility index (Phi) is 3.12. The van der Waals surface area contributed by atoms with Gasteiger partial charge in [-0.25, -0.2) is 4.98 Å². The lowest BCUT2D eigenvalue weighted by molar-refractivity contribution is -0.402. The molecule has 1 aromatic carbocycles. The fourth-order valence-electron chi connectivity index (χ4n) is 2.06. The van der Waals surface area contributed by atoms with Crippen LogP contribution >= 0.6 is 0 Å². The lowest BCUT2D eigenvalue weighted by Gasteiger charge is -2.03. The molecule has 3 rings (SSSR count). The molecule has 0 aliphatic carbocycles. The monoisotopic (exact) mass is 281 g/mol. The standard InChI is InChI=1S/C15H11N3O3/c16-14-9-10(12-3-1-2-4-13(12)17-14)5-6-11-7-8-15(21-11)18(19)20/h1-9H,(H2,16,17). The summed E-state index contributed by atoms with van der Waals surface area (Å²) in [5.41, 5.74) is 7.45. The Morgan fingerprint density at radius 2 is 2.00 bits per heavy atom. The summed E-state index contributed by atoms with van der Waals surface area (Å²) in [7, 11) is 0. The molecule has 6 heteroatoms. The Balaban J connectivity index is 2.00. The van der Waals surface area contributed by atoms with Crippen LogP contribution in [0.4, 0.5) is 11.7 Å². The van der Waals surface area contributed by atoms with Crippen LogP contribution in [0, 0.1) is 10.1 Å². The first-order valence-corrected chi connectivity index (χ1v) is 6.21. The van der Waals surface area contributed by atoms with Gasteiger partial charge in [-0.2, -0.15) is 0 Å². The van der Waals surface area contributed by atoms with Crippen molar-refractivity contribution in [3.05, 3.63) is 63.9 Å². The van der Waals surface area contributed by atoms with Gasteiger partial charge < -0.3 is 10.2 Å². The summed E-state index contributed by atoms with van der Waals surface area (Å²) >= 11 is 0. The molecular formula is C15H11N3O3. The highest BCUT2D eigenvalue weighted by Crippen LogP contribution is 2.23. The highest BCUT2D eigenvalue weighted by atomic mass is 16.6. The fourth-order valence-corrected chi connectivity index (χ4v) is 2.06. The van der Waals surface area contributed by atoms with Crippen LogP contribution in [0.25, 0.3) is 23.1 Å². The third-order valence-electron chi connectivity index (χ3n) is 2.99. The van der Waals surface area contributed by atoms with E-state index in [0.29, 0.717) is 11.6 Å². The number of para-hydroxylation sites is 1. The zero-order chi connectivity index (χ0) is 14.8. The predicted molar refractivity (Wildman–Crippen MR) is 80.4 cm³/mol. The van der Waals surface area contributed by atoms with E-state index in [1.165, 1.54) is 6.07 Å².